The Kier molecular flexibility index (Phi) is 6.77. The smallest absolute Gasteiger partial charge is 0.251 e. The van der Waals surface area contributed by atoms with Crippen LogP contribution < -0.4 is 25.8 Å². The molecule has 0 aliphatic heterocycles. The Morgan fingerprint density at radius 3 is 2.19 bits per heavy atom. The van der Waals surface area contributed by atoms with E-state index >= 15 is 0 Å². The van der Waals surface area contributed by atoms with Gasteiger partial charge in [0, 0.05) is 34.6 Å². The summed E-state index contributed by atoms with van der Waals surface area (Å²) in [6, 6.07) is 18.5. The van der Waals surface area contributed by atoms with Crippen LogP contribution in [0, 0.1) is 12.3 Å². The van der Waals surface area contributed by atoms with Crippen LogP contribution in [0.15, 0.2) is 60.7 Å². The predicted octanol–water partition coefficient (Wildman–Crippen LogP) is 3.97. The van der Waals surface area contributed by atoms with E-state index in [0.29, 0.717) is 22.6 Å². The molecule has 0 bridgehead atoms. The molecule has 0 aromatic heterocycles. The Morgan fingerprint density at radius 1 is 0.968 bits per heavy atom. The predicted molar refractivity (Wildman–Crippen MR) is 123 cm³/mol. The number of nitrogens with one attached hydrogen (secondary N) is 3. The number of ether oxygens (including phenoxy) is 2. The van der Waals surface area contributed by atoms with E-state index in [9.17, 15) is 4.79 Å². The second-order valence-corrected chi connectivity index (χ2v) is 6.97. The zero-order valence-electron chi connectivity index (χ0n) is 17.8. The lowest BCUT2D eigenvalue weighted by molar-refractivity contribution is 0.0950. The van der Waals surface area contributed by atoms with Gasteiger partial charge in [-0.2, -0.15) is 0 Å². The maximum absolute atomic E-state index is 12.8. The summed E-state index contributed by atoms with van der Waals surface area (Å²) in [6.45, 7) is 2.15. The largest absolute Gasteiger partial charge is 0.496 e. The van der Waals surface area contributed by atoms with Crippen molar-refractivity contribution >= 4 is 23.1 Å². The van der Waals surface area contributed by atoms with Gasteiger partial charge in [0.15, 0.2) is 0 Å². The molecule has 5 N–H and O–H groups in total. The molecule has 3 rings (SSSR count). The summed E-state index contributed by atoms with van der Waals surface area (Å²) in [7, 11) is 3.11. The third-order valence-electron chi connectivity index (χ3n) is 4.93. The van der Waals surface area contributed by atoms with Gasteiger partial charge >= 0.3 is 0 Å². The topological polar surface area (TPSA) is 109 Å². The number of carbonyl (C=O) groups is 1. The van der Waals surface area contributed by atoms with Crippen molar-refractivity contribution < 1.29 is 14.3 Å². The van der Waals surface area contributed by atoms with Crippen molar-refractivity contribution in [1.82, 2.24) is 5.32 Å². The Bertz CT molecular complexity index is 1070. The van der Waals surface area contributed by atoms with Crippen molar-refractivity contribution in [3.05, 3.63) is 82.9 Å². The Labute approximate surface area is 181 Å². The molecule has 31 heavy (non-hydrogen) atoms. The number of nitrogen functional groups attached to an aromatic ring is 1. The highest BCUT2D eigenvalue weighted by atomic mass is 16.5. The monoisotopic (exact) mass is 418 g/mol. The van der Waals surface area contributed by atoms with E-state index in [2.05, 4.69) is 10.6 Å². The number of nitrogens with two attached hydrogens (primary N) is 1. The highest BCUT2D eigenvalue weighted by molar-refractivity contribution is 5.97. The van der Waals surface area contributed by atoms with Gasteiger partial charge in [-0.1, -0.05) is 30.3 Å². The Morgan fingerprint density at radius 2 is 1.61 bits per heavy atom. The van der Waals surface area contributed by atoms with Crippen molar-refractivity contribution in [2.45, 2.75) is 13.5 Å². The molecule has 1 amide bonds. The van der Waals surface area contributed by atoms with E-state index in [-0.39, 0.29) is 18.3 Å². The average Bonchev–Trinajstić information content (AvgIpc) is 2.78. The van der Waals surface area contributed by atoms with Crippen LogP contribution in [0.5, 0.6) is 11.5 Å². The minimum Gasteiger partial charge on any atom is -0.496 e. The fourth-order valence-corrected chi connectivity index (χ4v) is 3.19. The molecule has 3 aromatic carbocycles. The van der Waals surface area contributed by atoms with Crippen molar-refractivity contribution in [3.8, 4) is 11.5 Å². The van der Waals surface area contributed by atoms with Crippen LogP contribution >= 0.6 is 0 Å². The molecule has 3 aromatic rings. The molecular formula is C24H26N4O3. The van der Waals surface area contributed by atoms with Crippen molar-refractivity contribution in [3.63, 3.8) is 0 Å². The Hall–Kier alpha value is -4.00. The van der Waals surface area contributed by atoms with E-state index in [1.165, 1.54) is 0 Å². The van der Waals surface area contributed by atoms with Gasteiger partial charge in [-0.25, -0.2) is 0 Å². The summed E-state index contributed by atoms with van der Waals surface area (Å²) >= 11 is 0. The van der Waals surface area contributed by atoms with Crippen molar-refractivity contribution in [2.24, 2.45) is 5.73 Å². The summed E-state index contributed by atoms with van der Waals surface area (Å²) in [5, 5.41) is 14.0. The highest BCUT2D eigenvalue weighted by Gasteiger charge is 2.14. The quantitative estimate of drug-likeness (QED) is 0.327. The summed E-state index contributed by atoms with van der Waals surface area (Å²) < 4.78 is 10.7. The number of hydrogen-bond acceptors (Lipinski definition) is 5. The molecule has 0 aliphatic rings. The number of rotatable bonds is 8. The van der Waals surface area contributed by atoms with E-state index in [1.807, 2.05) is 43.3 Å². The van der Waals surface area contributed by atoms with Gasteiger partial charge in [0.1, 0.15) is 17.3 Å². The lowest BCUT2D eigenvalue weighted by Gasteiger charge is -2.16. The lowest BCUT2D eigenvalue weighted by atomic mass is 10.1. The molecule has 0 saturated heterocycles. The molecule has 0 saturated carbocycles. The minimum atomic E-state index is -0.252. The SMILES string of the molecule is COc1cc(C(=O)NCc2ccc(C(=N)N)cc2Nc2ccccc2)cc(OC)c1C. The van der Waals surface area contributed by atoms with E-state index < -0.39 is 0 Å². The molecule has 0 unspecified atom stereocenters. The first-order chi connectivity index (χ1) is 14.9. The van der Waals surface area contributed by atoms with Gasteiger partial charge in [0.05, 0.1) is 14.2 Å². The third kappa shape index (κ3) is 5.14. The number of anilines is 2. The molecule has 0 radical (unpaired) electrons. The normalized spacial score (nSPS) is 10.3. The van der Waals surface area contributed by atoms with Crippen LogP contribution in [0.1, 0.15) is 27.0 Å². The first-order valence-corrected chi connectivity index (χ1v) is 9.73. The standard InChI is InChI=1S/C24H26N4O3/c1-15-21(30-2)12-18(13-22(15)31-3)24(29)27-14-17-10-9-16(23(25)26)11-20(17)28-19-7-5-4-6-8-19/h4-13,28H,14H2,1-3H3,(H3,25,26)(H,27,29). The summed E-state index contributed by atoms with van der Waals surface area (Å²) in [6.07, 6.45) is 0. The van der Waals surface area contributed by atoms with Gasteiger partial charge < -0.3 is 25.8 Å². The first-order valence-electron chi connectivity index (χ1n) is 9.73. The van der Waals surface area contributed by atoms with Gasteiger partial charge in [0.25, 0.3) is 5.91 Å². The maximum atomic E-state index is 12.8. The number of hydrogen-bond donors (Lipinski definition) is 4. The van der Waals surface area contributed by atoms with Gasteiger partial charge in [-0.3, -0.25) is 10.2 Å². The average molecular weight is 418 g/mol. The fraction of sp³-hybridized carbons (Fsp3) is 0.167. The number of benzene rings is 3. The van der Waals surface area contributed by atoms with Crippen molar-refractivity contribution in [2.75, 3.05) is 19.5 Å². The van der Waals surface area contributed by atoms with E-state index in [0.717, 1.165) is 22.5 Å². The minimum absolute atomic E-state index is 0.0226. The Balaban J connectivity index is 1.84. The summed E-state index contributed by atoms with van der Waals surface area (Å²) in [5.74, 6) is 0.895. The molecule has 0 aliphatic carbocycles. The van der Waals surface area contributed by atoms with E-state index in [1.54, 1.807) is 38.5 Å². The van der Waals surface area contributed by atoms with Crippen LogP contribution in [0.2, 0.25) is 0 Å². The van der Waals surface area contributed by atoms with Gasteiger partial charge in [0.2, 0.25) is 0 Å². The van der Waals surface area contributed by atoms with Crippen LogP contribution in [-0.2, 0) is 6.54 Å². The second kappa shape index (κ2) is 9.67. The van der Waals surface area contributed by atoms with Gasteiger partial charge in [-0.05, 0) is 42.8 Å². The third-order valence-corrected chi connectivity index (χ3v) is 4.93. The zero-order chi connectivity index (χ0) is 22.4. The van der Waals surface area contributed by atoms with E-state index in [4.69, 9.17) is 20.6 Å². The highest BCUT2D eigenvalue weighted by Crippen LogP contribution is 2.29. The van der Waals surface area contributed by atoms with Crippen molar-refractivity contribution in [1.29, 1.82) is 5.41 Å². The summed E-state index contributed by atoms with van der Waals surface area (Å²) in [4.78, 5) is 12.8. The van der Waals surface area contributed by atoms with Crippen LogP contribution in [0.3, 0.4) is 0 Å². The number of amides is 1. The fourth-order valence-electron chi connectivity index (χ4n) is 3.19. The summed E-state index contributed by atoms with van der Waals surface area (Å²) in [5.41, 5.74) is 10.0. The lowest BCUT2D eigenvalue weighted by Crippen LogP contribution is -2.23. The molecule has 7 nitrogen and oxygen atoms in total. The van der Waals surface area contributed by atoms with Crippen LogP contribution in [0.25, 0.3) is 0 Å². The maximum Gasteiger partial charge on any atom is 0.251 e. The number of amidine groups is 1. The molecule has 160 valence electrons. The van der Waals surface area contributed by atoms with Gasteiger partial charge in [-0.15, -0.1) is 0 Å². The van der Waals surface area contributed by atoms with Crippen LogP contribution in [-0.4, -0.2) is 26.0 Å². The number of methoxy groups -OCH3 is 2. The second-order valence-electron chi connectivity index (χ2n) is 6.97. The molecule has 0 spiro atoms. The molecule has 0 fully saturated rings. The molecule has 7 heteroatoms. The molecule has 0 atom stereocenters. The molecular weight excluding hydrogens is 392 g/mol. The number of carbonyl (C=O) groups excluding carboxylic acids is 1. The number of para-hydroxylation sites is 1. The molecule has 0 heterocycles. The zero-order valence-corrected chi connectivity index (χ0v) is 17.8. The van der Waals surface area contributed by atoms with Crippen LogP contribution in [0.4, 0.5) is 11.4 Å². The first kappa shape index (κ1) is 21.7.